The van der Waals surface area contributed by atoms with E-state index < -0.39 is 5.97 Å². The highest BCUT2D eigenvalue weighted by molar-refractivity contribution is 8.00. The first kappa shape index (κ1) is 12.8. The standard InChI is InChI=1S/C12H14O3S/c1-8-3-4-10(5-9(8)2)11(13)6-16-7-12(14)15/h3-5H,6-7H2,1-2H3,(H,14,15). The zero-order valence-corrected chi connectivity index (χ0v) is 10.1. The van der Waals surface area contributed by atoms with Crippen LogP contribution >= 0.6 is 11.8 Å². The van der Waals surface area contributed by atoms with Crippen LogP contribution in [0.25, 0.3) is 0 Å². The molecule has 0 aliphatic carbocycles. The summed E-state index contributed by atoms with van der Waals surface area (Å²) >= 11 is 1.13. The van der Waals surface area contributed by atoms with Crippen LogP contribution in [0.4, 0.5) is 0 Å². The molecule has 1 aromatic carbocycles. The number of thioether (sulfide) groups is 1. The van der Waals surface area contributed by atoms with Gasteiger partial charge in [-0.3, -0.25) is 9.59 Å². The highest BCUT2D eigenvalue weighted by Gasteiger charge is 2.08. The summed E-state index contributed by atoms with van der Waals surface area (Å²) in [6.45, 7) is 3.94. The lowest BCUT2D eigenvalue weighted by Gasteiger charge is -2.03. The van der Waals surface area contributed by atoms with Crippen molar-refractivity contribution in [1.82, 2.24) is 0 Å². The molecule has 0 spiro atoms. The molecule has 1 rings (SSSR count). The van der Waals surface area contributed by atoms with Crippen molar-refractivity contribution in [2.24, 2.45) is 0 Å². The second-order valence-corrected chi connectivity index (χ2v) is 4.59. The van der Waals surface area contributed by atoms with E-state index in [1.54, 1.807) is 6.07 Å². The molecular weight excluding hydrogens is 224 g/mol. The summed E-state index contributed by atoms with van der Waals surface area (Å²) in [7, 11) is 0. The third-order valence-corrected chi connectivity index (χ3v) is 3.20. The van der Waals surface area contributed by atoms with Crippen molar-refractivity contribution < 1.29 is 14.7 Å². The SMILES string of the molecule is Cc1ccc(C(=O)CSCC(=O)O)cc1C. The third kappa shape index (κ3) is 3.70. The summed E-state index contributed by atoms with van der Waals surface area (Å²) in [5.41, 5.74) is 2.88. The Hall–Kier alpha value is -1.29. The molecule has 0 fully saturated rings. The highest BCUT2D eigenvalue weighted by Crippen LogP contribution is 2.12. The molecule has 1 aromatic rings. The van der Waals surface area contributed by atoms with E-state index in [4.69, 9.17) is 5.11 Å². The Bertz CT molecular complexity index is 413. The summed E-state index contributed by atoms with van der Waals surface area (Å²) < 4.78 is 0. The fourth-order valence-electron chi connectivity index (χ4n) is 1.23. The fraction of sp³-hybridized carbons (Fsp3) is 0.333. The molecule has 0 heterocycles. The normalized spacial score (nSPS) is 10.1. The van der Waals surface area contributed by atoms with Crippen LogP contribution in [0.1, 0.15) is 21.5 Å². The maximum Gasteiger partial charge on any atom is 0.313 e. The number of aryl methyl sites for hydroxylation is 2. The molecule has 86 valence electrons. The van der Waals surface area contributed by atoms with E-state index in [1.165, 1.54) is 0 Å². The van der Waals surface area contributed by atoms with E-state index in [9.17, 15) is 9.59 Å². The van der Waals surface area contributed by atoms with Gasteiger partial charge in [0, 0.05) is 5.56 Å². The molecular formula is C12H14O3S. The molecule has 0 unspecified atom stereocenters. The number of carbonyl (C=O) groups is 2. The number of carboxylic acids is 1. The first-order chi connectivity index (χ1) is 7.50. The number of Topliss-reactive ketones (excluding diaryl/α,β-unsaturated/α-hetero) is 1. The van der Waals surface area contributed by atoms with Crippen molar-refractivity contribution in [2.75, 3.05) is 11.5 Å². The van der Waals surface area contributed by atoms with Crippen molar-refractivity contribution in [3.05, 3.63) is 34.9 Å². The van der Waals surface area contributed by atoms with Crippen LogP contribution in [-0.2, 0) is 4.79 Å². The average Bonchev–Trinajstić information content (AvgIpc) is 2.21. The number of hydrogen-bond donors (Lipinski definition) is 1. The smallest absolute Gasteiger partial charge is 0.313 e. The Morgan fingerprint density at radius 3 is 2.44 bits per heavy atom. The summed E-state index contributed by atoms with van der Waals surface area (Å²) in [5, 5.41) is 8.45. The zero-order valence-electron chi connectivity index (χ0n) is 9.32. The van der Waals surface area contributed by atoms with Gasteiger partial charge in [0.1, 0.15) is 0 Å². The topological polar surface area (TPSA) is 54.4 Å². The van der Waals surface area contributed by atoms with Crippen molar-refractivity contribution in [1.29, 1.82) is 0 Å². The molecule has 4 heteroatoms. The average molecular weight is 238 g/mol. The number of hydrogen-bond acceptors (Lipinski definition) is 3. The molecule has 0 aliphatic rings. The van der Waals surface area contributed by atoms with Crippen LogP contribution in [0, 0.1) is 13.8 Å². The van der Waals surface area contributed by atoms with Crippen molar-refractivity contribution in [3.8, 4) is 0 Å². The Labute approximate surface area is 98.9 Å². The van der Waals surface area contributed by atoms with Gasteiger partial charge in [0.2, 0.25) is 0 Å². The summed E-state index contributed by atoms with van der Waals surface area (Å²) in [5.74, 6) is -0.724. The van der Waals surface area contributed by atoms with Gasteiger partial charge in [-0.2, -0.15) is 0 Å². The Balaban J connectivity index is 2.59. The Morgan fingerprint density at radius 2 is 1.88 bits per heavy atom. The largest absolute Gasteiger partial charge is 0.481 e. The van der Waals surface area contributed by atoms with Gasteiger partial charge >= 0.3 is 5.97 Å². The predicted octanol–water partition coefficient (Wildman–Crippen LogP) is 2.30. The Morgan fingerprint density at radius 1 is 1.19 bits per heavy atom. The number of benzene rings is 1. The van der Waals surface area contributed by atoms with Crippen molar-refractivity contribution in [2.45, 2.75) is 13.8 Å². The molecule has 0 aromatic heterocycles. The van der Waals surface area contributed by atoms with Gasteiger partial charge in [0.25, 0.3) is 0 Å². The zero-order chi connectivity index (χ0) is 12.1. The lowest BCUT2D eigenvalue weighted by molar-refractivity contribution is -0.133. The highest BCUT2D eigenvalue weighted by atomic mass is 32.2. The van der Waals surface area contributed by atoms with Crippen LogP contribution < -0.4 is 0 Å². The van der Waals surface area contributed by atoms with E-state index in [0.29, 0.717) is 5.56 Å². The third-order valence-electron chi connectivity index (χ3n) is 2.29. The van der Waals surface area contributed by atoms with Gasteiger partial charge in [-0.1, -0.05) is 12.1 Å². The number of rotatable bonds is 5. The van der Waals surface area contributed by atoms with Crippen molar-refractivity contribution in [3.63, 3.8) is 0 Å². The second-order valence-electron chi connectivity index (χ2n) is 3.61. The van der Waals surface area contributed by atoms with Gasteiger partial charge in [0.05, 0.1) is 11.5 Å². The first-order valence-corrected chi connectivity index (χ1v) is 6.06. The van der Waals surface area contributed by atoms with Crippen LogP contribution in [-0.4, -0.2) is 28.4 Å². The quantitative estimate of drug-likeness (QED) is 0.800. The van der Waals surface area contributed by atoms with E-state index in [1.807, 2.05) is 26.0 Å². The second kappa shape index (κ2) is 5.70. The maximum absolute atomic E-state index is 11.7. The molecule has 1 N–H and O–H groups in total. The van der Waals surface area contributed by atoms with Gasteiger partial charge in [-0.05, 0) is 31.0 Å². The number of carboxylic acid groups (broad SMARTS) is 1. The lowest BCUT2D eigenvalue weighted by atomic mass is 10.0. The Kier molecular flexibility index (Phi) is 4.55. The van der Waals surface area contributed by atoms with E-state index in [0.717, 1.165) is 22.9 Å². The number of carbonyl (C=O) groups excluding carboxylic acids is 1. The predicted molar refractivity (Wildman–Crippen MR) is 65.2 cm³/mol. The van der Waals surface area contributed by atoms with E-state index in [2.05, 4.69) is 0 Å². The summed E-state index contributed by atoms with van der Waals surface area (Å²) in [4.78, 5) is 22.0. The first-order valence-electron chi connectivity index (χ1n) is 4.90. The maximum atomic E-state index is 11.7. The molecule has 0 atom stereocenters. The van der Waals surface area contributed by atoms with Gasteiger partial charge < -0.3 is 5.11 Å². The minimum Gasteiger partial charge on any atom is -0.481 e. The van der Waals surface area contributed by atoms with Crippen LogP contribution in [0.3, 0.4) is 0 Å². The molecule has 3 nitrogen and oxygen atoms in total. The molecule has 0 saturated carbocycles. The van der Waals surface area contributed by atoms with Crippen LogP contribution in [0.2, 0.25) is 0 Å². The van der Waals surface area contributed by atoms with Gasteiger partial charge in [-0.15, -0.1) is 11.8 Å². The van der Waals surface area contributed by atoms with Gasteiger partial charge in [0.15, 0.2) is 5.78 Å². The fourth-order valence-corrected chi connectivity index (χ4v) is 1.86. The molecule has 0 radical (unpaired) electrons. The molecule has 0 aliphatic heterocycles. The minimum atomic E-state index is -0.891. The minimum absolute atomic E-state index is 0.0191. The monoisotopic (exact) mass is 238 g/mol. The van der Waals surface area contributed by atoms with Crippen LogP contribution in [0.5, 0.6) is 0 Å². The lowest BCUT2D eigenvalue weighted by Crippen LogP contribution is -2.06. The molecule has 16 heavy (non-hydrogen) atoms. The summed E-state index contributed by atoms with van der Waals surface area (Å²) in [6, 6.07) is 5.54. The molecule has 0 bridgehead atoms. The van der Waals surface area contributed by atoms with E-state index in [-0.39, 0.29) is 17.3 Å². The van der Waals surface area contributed by atoms with Gasteiger partial charge in [-0.25, -0.2) is 0 Å². The molecule has 0 saturated heterocycles. The summed E-state index contributed by atoms with van der Waals surface area (Å²) in [6.07, 6.45) is 0. The van der Waals surface area contributed by atoms with Crippen LogP contribution in [0.15, 0.2) is 18.2 Å². The number of ketones is 1. The van der Waals surface area contributed by atoms with E-state index >= 15 is 0 Å². The molecule has 0 amide bonds. The van der Waals surface area contributed by atoms with Crippen molar-refractivity contribution >= 4 is 23.5 Å². The number of aliphatic carboxylic acids is 1.